The molecule has 5 nitrogen and oxygen atoms in total. The smallest absolute Gasteiger partial charge is 0.227 e. The second-order valence-corrected chi connectivity index (χ2v) is 7.33. The number of hydrogen-bond donors (Lipinski definition) is 1. The molecule has 5 heteroatoms. The van der Waals surface area contributed by atoms with E-state index in [0.717, 1.165) is 18.4 Å². The van der Waals surface area contributed by atoms with Crippen LogP contribution >= 0.6 is 0 Å². The summed E-state index contributed by atoms with van der Waals surface area (Å²) in [5.41, 5.74) is 0.694. The number of aromatic nitrogens is 1. The number of amides is 2. The Morgan fingerprint density at radius 2 is 1.78 bits per heavy atom. The molecule has 1 aliphatic rings. The molecule has 2 rings (SSSR count). The molecule has 0 saturated carbocycles. The van der Waals surface area contributed by atoms with Gasteiger partial charge in [-0.25, -0.2) is 0 Å². The predicted molar refractivity (Wildman–Crippen MR) is 89.6 cm³/mol. The summed E-state index contributed by atoms with van der Waals surface area (Å²) >= 11 is 0. The number of hydrogen-bond acceptors (Lipinski definition) is 3. The lowest BCUT2D eigenvalue weighted by molar-refractivity contribution is -0.142. The molecule has 0 radical (unpaired) electrons. The van der Waals surface area contributed by atoms with E-state index in [9.17, 15) is 9.59 Å². The minimum atomic E-state index is -0.356. The zero-order valence-corrected chi connectivity index (χ0v) is 14.5. The fourth-order valence-electron chi connectivity index (χ4n) is 2.89. The Morgan fingerprint density at radius 1 is 1.22 bits per heavy atom. The van der Waals surface area contributed by atoms with Gasteiger partial charge in [0.1, 0.15) is 0 Å². The number of likely N-dealkylation sites (tertiary alicyclic amines) is 1. The molecule has 2 amide bonds. The third-order valence-corrected chi connectivity index (χ3v) is 4.36. The Hall–Kier alpha value is -1.91. The van der Waals surface area contributed by atoms with Crippen LogP contribution in [0, 0.1) is 11.3 Å². The monoisotopic (exact) mass is 317 g/mol. The van der Waals surface area contributed by atoms with Crippen molar-refractivity contribution in [1.82, 2.24) is 15.2 Å². The summed E-state index contributed by atoms with van der Waals surface area (Å²) in [7, 11) is 0. The Morgan fingerprint density at radius 3 is 2.30 bits per heavy atom. The molecule has 1 fully saturated rings. The van der Waals surface area contributed by atoms with Gasteiger partial charge in [0.25, 0.3) is 0 Å². The number of nitrogens with one attached hydrogen (secondary N) is 1. The Bertz CT molecular complexity index is 543. The van der Waals surface area contributed by atoms with E-state index in [1.54, 1.807) is 12.4 Å². The van der Waals surface area contributed by atoms with Crippen molar-refractivity contribution in [1.29, 1.82) is 0 Å². The van der Waals surface area contributed by atoms with Crippen molar-refractivity contribution in [3.8, 4) is 0 Å². The van der Waals surface area contributed by atoms with Gasteiger partial charge in [0.05, 0.1) is 6.04 Å². The maximum Gasteiger partial charge on any atom is 0.227 e. The van der Waals surface area contributed by atoms with Gasteiger partial charge in [0.2, 0.25) is 11.8 Å². The van der Waals surface area contributed by atoms with Gasteiger partial charge in [-0.3, -0.25) is 14.6 Å². The van der Waals surface area contributed by atoms with Crippen LogP contribution in [0.15, 0.2) is 24.5 Å². The van der Waals surface area contributed by atoms with E-state index in [1.807, 2.05) is 44.7 Å². The summed E-state index contributed by atoms with van der Waals surface area (Å²) < 4.78 is 0. The third kappa shape index (κ3) is 4.53. The minimum Gasteiger partial charge on any atom is -0.349 e. The van der Waals surface area contributed by atoms with E-state index in [2.05, 4.69) is 10.3 Å². The number of carbonyl (C=O) groups is 2. The van der Waals surface area contributed by atoms with E-state index in [4.69, 9.17) is 0 Å². The van der Waals surface area contributed by atoms with Crippen molar-refractivity contribution in [3.63, 3.8) is 0 Å². The van der Waals surface area contributed by atoms with E-state index in [-0.39, 0.29) is 29.2 Å². The van der Waals surface area contributed by atoms with Crippen LogP contribution in [0.1, 0.15) is 52.1 Å². The van der Waals surface area contributed by atoms with Crippen LogP contribution in [0.4, 0.5) is 0 Å². The van der Waals surface area contributed by atoms with Gasteiger partial charge in [-0.05, 0) is 37.5 Å². The van der Waals surface area contributed by atoms with Crippen molar-refractivity contribution >= 4 is 11.8 Å². The topological polar surface area (TPSA) is 62.3 Å². The zero-order valence-electron chi connectivity index (χ0n) is 14.5. The van der Waals surface area contributed by atoms with Crippen molar-refractivity contribution in [2.24, 2.45) is 11.3 Å². The average Bonchev–Trinajstić information content (AvgIpc) is 2.54. The van der Waals surface area contributed by atoms with Crippen molar-refractivity contribution in [2.45, 2.75) is 46.6 Å². The molecule has 0 aliphatic carbocycles. The molecule has 2 heterocycles. The summed E-state index contributed by atoms with van der Waals surface area (Å²) in [6, 6.07) is 3.80. The first-order valence-corrected chi connectivity index (χ1v) is 8.28. The van der Waals surface area contributed by atoms with Gasteiger partial charge in [-0.15, -0.1) is 0 Å². The van der Waals surface area contributed by atoms with Crippen LogP contribution in [0.25, 0.3) is 0 Å². The summed E-state index contributed by atoms with van der Waals surface area (Å²) in [5.74, 6) is 0.238. The average molecular weight is 317 g/mol. The molecule has 1 aliphatic heterocycles. The largest absolute Gasteiger partial charge is 0.349 e. The van der Waals surface area contributed by atoms with E-state index < -0.39 is 0 Å². The standard InChI is InChI=1S/C18H27N3O2/c1-13(14-5-9-19-10-6-14)20-16(22)15-7-11-21(12-8-15)17(23)18(2,3)4/h5-6,9-10,13,15H,7-8,11-12H2,1-4H3,(H,20,22)/t13-/m0/s1. The fourth-order valence-corrected chi connectivity index (χ4v) is 2.89. The van der Waals surface area contributed by atoms with E-state index >= 15 is 0 Å². The fraction of sp³-hybridized carbons (Fsp3) is 0.611. The second kappa shape index (κ2) is 7.11. The first-order valence-electron chi connectivity index (χ1n) is 8.28. The van der Waals surface area contributed by atoms with Gasteiger partial charge >= 0.3 is 0 Å². The van der Waals surface area contributed by atoms with E-state index in [1.165, 1.54) is 0 Å². The molecule has 0 unspecified atom stereocenters. The van der Waals surface area contributed by atoms with Crippen LogP contribution < -0.4 is 5.32 Å². The molecule has 0 aromatic carbocycles. The van der Waals surface area contributed by atoms with Crippen molar-refractivity contribution < 1.29 is 9.59 Å². The second-order valence-electron chi connectivity index (χ2n) is 7.33. The predicted octanol–water partition coefficient (Wildman–Crippen LogP) is 2.54. The highest BCUT2D eigenvalue weighted by atomic mass is 16.2. The molecule has 0 bridgehead atoms. The van der Waals surface area contributed by atoms with Gasteiger partial charge in [-0.2, -0.15) is 0 Å². The van der Waals surface area contributed by atoms with Crippen LogP contribution in [-0.2, 0) is 9.59 Å². The minimum absolute atomic E-state index is 0.0108. The number of pyridine rings is 1. The summed E-state index contributed by atoms with van der Waals surface area (Å²) in [6.07, 6.45) is 4.93. The van der Waals surface area contributed by atoms with E-state index in [0.29, 0.717) is 13.1 Å². The van der Waals surface area contributed by atoms with Crippen molar-refractivity contribution in [2.75, 3.05) is 13.1 Å². The Balaban J connectivity index is 1.85. The number of nitrogens with zero attached hydrogens (tertiary/aromatic N) is 2. The normalized spacial score (nSPS) is 17.7. The summed E-state index contributed by atoms with van der Waals surface area (Å²) in [5, 5.41) is 3.07. The molecule has 1 atom stereocenters. The highest BCUT2D eigenvalue weighted by Crippen LogP contribution is 2.24. The third-order valence-electron chi connectivity index (χ3n) is 4.36. The Labute approximate surface area is 138 Å². The molecule has 1 aromatic rings. The number of piperidine rings is 1. The van der Waals surface area contributed by atoms with Crippen molar-refractivity contribution in [3.05, 3.63) is 30.1 Å². The van der Waals surface area contributed by atoms with Gasteiger partial charge in [-0.1, -0.05) is 20.8 Å². The first kappa shape index (κ1) is 17.4. The molecular formula is C18H27N3O2. The lowest BCUT2D eigenvalue weighted by Gasteiger charge is -2.35. The van der Waals surface area contributed by atoms with Gasteiger partial charge in [0, 0.05) is 36.8 Å². The molecular weight excluding hydrogens is 290 g/mol. The maximum atomic E-state index is 12.4. The molecule has 1 N–H and O–H groups in total. The molecule has 0 spiro atoms. The van der Waals surface area contributed by atoms with Crippen LogP contribution in [-0.4, -0.2) is 34.8 Å². The van der Waals surface area contributed by atoms with Crippen LogP contribution in [0.3, 0.4) is 0 Å². The molecule has 1 aromatic heterocycles. The number of carbonyl (C=O) groups excluding carboxylic acids is 2. The quantitative estimate of drug-likeness (QED) is 0.932. The van der Waals surface area contributed by atoms with Crippen LogP contribution in [0.5, 0.6) is 0 Å². The molecule has 23 heavy (non-hydrogen) atoms. The molecule has 1 saturated heterocycles. The lowest BCUT2D eigenvalue weighted by atomic mass is 9.90. The zero-order chi connectivity index (χ0) is 17.0. The van der Waals surface area contributed by atoms with Gasteiger partial charge in [0.15, 0.2) is 0 Å². The summed E-state index contributed by atoms with van der Waals surface area (Å²) in [6.45, 7) is 9.11. The highest BCUT2D eigenvalue weighted by molar-refractivity contribution is 5.82. The lowest BCUT2D eigenvalue weighted by Crippen LogP contribution is -2.46. The number of rotatable bonds is 3. The molecule has 126 valence electrons. The maximum absolute atomic E-state index is 12.4. The Kier molecular flexibility index (Phi) is 5.39. The van der Waals surface area contributed by atoms with Crippen LogP contribution in [0.2, 0.25) is 0 Å². The first-order chi connectivity index (χ1) is 10.8. The van der Waals surface area contributed by atoms with Gasteiger partial charge < -0.3 is 10.2 Å². The highest BCUT2D eigenvalue weighted by Gasteiger charge is 2.32. The summed E-state index contributed by atoms with van der Waals surface area (Å²) in [4.78, 5) is 30.6. The SMILES string of the molecule is C[C@H](NC(=O)C1CCN(C(=O)C(C)(C)C)CC1)c1ccncc1.